The third-order valence-electron chi connectivity index (χ3n) is 0.520. The van der Waals surface area contributed by atoms with Crippen LogP contribution in [0.25, 0.3) is 0 Å². The molecule has 0 aromatic carbocycles. The van der Waals surface area contributed by atoms with Gasteiger partial charge in [0.2, 0.25) is 0 Å². The summed E-state index contributed by atoms with van der Waals surface area (Å²) in [5, 5.41) is 17.3. The topological polar surface area (TPSA) is 103 Å². The van der Waals surface area contributed by atoms with Crippen LogP contribution in [-0.4, -0.2) is 23.1 Å². The number of nitrogens with two attached hydrogens (primary N) is 1. The molecule has 0 aliphatic rings. The first kappa shape index (κ1) is 12.2. The fraction of sp³-hybridized carbons (Fsp3) is 0.333. The summed E-state index contributed by atoms with van der Waals surface area (Å²) in [7, 11) is 0. The van der Waals surface area contributed by atoms with Crippen molar-refractivity contribution >= 4 is 11.9 Å². The zero-order chi connectivity index (χ0) is 6.73. The molecule has 0 aliphatic carbocycles. The number of carboxylic acids is 2. The molecule has 0 fully saturated rings. The van der Waals surface area contributed by atoms with Crippen molar-refractivity contribution in [3.8, 4) is 0 Å². The predicted octanol–water partition coefficient (Wildman–Crippen LogP) is -5.85. The molecular weight excluding hydrogens is 153 g/mol. The van der Waals surface area contributed by atoms with Crippen molar-refractivity contribution in [1.29, 1.82) is 0 Å². The van der Waals surface area contributed by atoms with Gasteiger partial charge in [0, 0.05) is 0 Å². The number of carbonyl (C=O) groups is 2. The first-order valence-electron chi connectivity index (χ1n) is 1.75. The molecule has 0 amide bonds. The van der Waals surface area contributed by atoms with Crippen LogP contribution in [0.3, 0.4) is 0 Å². The summed E-state index contributed by atoms with van der Waals surface area (Å²) in [6.07, 6.45) is 0. The van der Waals surface area contributed by atoms with Gasteiger partial charge in [0.15, 0.2) is 0 Å². The maximum atomic E-state index is 9.59. The standard InChI is InChI=1S/C3H5NO4.K/c4-1(2(5)6)3(7)8;/h1H,4H2,(H,5,6)(H,7,8);/q;+1/p-1. The molecule has 0 rings (SSSR count). The molecule has 0 aliphatic heterocycles. The maximum absolute atomic E-state index is 9.59. The molecule has 0 aromatic heterocycles. The molecule has 0 saturated heterocycles. The van der Waals surface area contributed by atoms with Gasteiger partial charge in [0.25, 0.3) is 0 Å². The van der Waals surface area contributed by atoms with Gasteiger partial charge in [-0.3, -0.25) is 4.79 Å². The van der Waals surface area contributed by atoms with Gasteiger partial charge in [-0.15, -0.1) is 0 Å². The molecule has 0 bridgehead atoms. The molecular formula is C3H4KNO4. The summed E-state index contributed by atoms with van der Waals surface area (Å²) in [6, 6.07) is -1.91. The average Bonchev–Trinajstić information content (AvgIpc) is 1.64. The number of carbonyl (C=O) groups excluding carboxylic acids is 1. The van der Waals surface area contributed by atoms with Crippen molar-refractivity contribution in [2.75, 3.05) is 0 Å². The van der Waals surface area contributed by atoms with Gasteiger partial charge < -0.3 is 20.7 Å². The van der Waals surface area contributed by atoms with E-state index in [1.807, 2.05) is 0 Å². The summed E-state index contributed by atoms with van der Waals surface area (Å²) in [5.41, 5.74) is 4.50. The molecule has 3 N–H and O–H groups in total. The molecule has 0 aromatic rings. The molecule has 0 spiro atoms. The van der Waals surface area contributed by atoms with Crippen molar-refractivity contribution < 1.29 is 71.2 Å². The van der Waals surface area contributed by atoms with E-state index < -0.39 is 18.0 Å². The van der Waals surface area contributed by atoms with Gasteiger partial charge in [-0.05, 0) is 0 Å². The molecule has 0 heterocycles. The summed E-state index contributed by atoms with van der Waals surface area (Å²) >= 11 is 0. The molecule has 6 heteroatoms. The summed E-state index contributed by atoms with van der Waals surface area (Å²) in [6.45, 7) is 0. The van der Waals surface area contributed by atoms with Gasteiger partial charge in [-0.2, -0.15) is 0 Å². The molecule has 1 unspecified atom stereocenters. The van der Waals surface area contributed by atoms with Crippen LogP contribution in [0.5, 0.6) is 0 Å². The van der Waals surface area contributed by atoms with Crippen molar-refractivity contribution in [2.24, 2.45) is 5.73 Å². The quantitative estimate of drug-likeness (QED) is 0.307. The number of hydrogen-bond donors (Lipinski definition) is 2. The first-order valence-corrected chi connectivity index (χ1v) is 1.75. The second-order valence-corrected chi connectivity index (χ2v) is 1.13. The maximum Gasteiger partial charge on any atom is 1.00 e. The van der Waals surface area contributed by atoms with Crippen molar-refractivity contribution in [3.05, 3.63) is 0 Å². The average molecular weight is 157 g/mol. The number of hydrogen-bond acceptors (Lipinski definition) is 4. The minimum Gasteiger partial charge on any atom is -0.548 e. The van der Waals surface area contributed by atoms with Gasteiger partial charge in [-0.1, -0.05) is 0 Å². The van der Waals surface area contributed by atoms with Crippen LogP contribution in [0, 0.1) is 0 Å². The summed E-state index contributed by atoms with van der Waals surface area (Å²) in [5.74, 6) is -3.37. The predicted molar refractivity (Wildman–Crippen MR) is 20.6 cm³/mol. The van der Waals surface area contributed by atoms with E-state index in [0.717, 1.165) is 0 Å². The number of carboxylic acid groups (broad SMARTS) is 2. The Kier molecular flexibility index (Phi) is 7.25. The Morgan fingerprint density at radius 3 is 1.89 bits per heavy atom. The molecule has 46 valence electrons. The summed E-state index contributed by atoms with van der Waals surface area (Å²) in [4.78, 5) is 19.1. The minimum atomic E-state index is -1.91. The SMILES string of the molecule is NC(C(=O)[O-])C(=O)O.[K+]. The Balaban J connectivity index is 0. The van der Waals surface area contributed by atoms with E-state index in [1.165, 1.54) is 0 Å². The fourth-order valence-corrected chi connectivity index (χ4v) is 0.101. The van der Waals surface area contributed by atoms with Crippen LogP contribution >= 0.6 is 0 Å². The van der Waals surface area contributed by atoms with E-state index in [9.17, 15) is 14.7 Å². The Morgan fingerprint density at radius 2 is 1.89 bits per heavy atom. The van der Waals surface area contributed by atoms with Crippen LogP contribution in [0.1, 0.15) is 0 Å². The van der Waals surface area contributed by atoms with E-state index in [1.54, 1.807) is 0 Å². The first-order chi connectivity index (χ1) is 3.55. The smallest absolute Gasteiger partial charge is 0.548 e. The normalized spacial score (nSPS) is 11.2. The van der Waals surface area contributed by atoms with Gasteiger partial charge >= 0.3 is 57.4 Å². The molecule has 1 atom stereocenters. The Labute approximate surface area is 93.6 Å². The minimum absolute atomic E-state index is 0. The zero-order valence-electron chi connectivity index (χ0n) is 4.83. The van der Waals surface area contributed by atoms with Gasteiger partial charge in [0.05, 0.1) is 5.97 Å². The Morgan fingerprint density at radius 1 is 1.56 bits per heavy atom. The van der Waals surface area contributed by atoms with Crippen molar-refractivity contribution in [2.45, 2.75) is 6.04 Å². The van der Waals surface area contributed by atoms with E-state index >= 15 is 0 Å². The van der Waals surface area contributed by atoms with Crippen molar-refractivity contribution in [1.82, 2.24) is 0 Å². The molecule has 0 radical (unpaired) electrons. The molecule has 9 heavy (non-hydrogen) atoms. The summed E-state index contributed by atoms with van der Waals surface area (Å²) < 4.78 is 0. The number of rotatable bonds is 2. The second kappa shape index (κ2) is 5.33. The third kappa shape index (κ3) is 5.00. The van der Waals surface area contributed by atoms with Crippen LogP contribution in [0.2, 0.25) is 0 Å². The monoisotopic (exact) mass is 157 g/mol. The second-order valence-electron chi connectivity index (χ2n) is 1.13. The van der Waals surface area contributed by atoms with Crippen molar-refractivity contribution in [3.63, 3.8) is 0 Å². The Hall–Kier alpha value is 0.536. The van der Waals surface area contributed by atoms with E-state index in [2.05, 4.69) is 5.73 Å². The van der Waals surface area contributed by atoms with Crippen LogP contribution in [-0.2, 0) is 9.59 Å². The van der Waals surface area contributed by atoms with E-state index in [-0.39, 0.29) is 51.4 Å². The van der Waals surface area contributed by atoms with Crippen LogP contribution in [0.15, 0.2) is 0 Å². The van der Waals surface area contributed by atoms with Crippen LogP contribution in [0.4, 0.5) is 0 Å². The van der Waals surface area contributed by atoms with Gasteiger partial charge in [-0.25, -0.2) is 0 Å². The van der Waals surface area contributed by atoms with Crippen LogP contribution < -0.4 is 62.2 Å². The zero-order valence-corrected chi connectivity index (χ0v) is 7.95. The van der Waals surface area contributed by atoms with E-state index in [0.29, 0.717) is 0 Å². The largest absolute Gasteiger partial charge is 1.00 e. The number of aliphatic carboxylic acids is 2. The fourth-order valence-electron chi connectivity index (χ4n) is 0.101. The molecule has 0 saturated carbocycles. The Bertz CT molecular complexity index is 111. The third-order valence-corrected chi connectivity index (χ3v) is 0.520. The van der Waals surface area contributed by atoms with E-state index in [4.69, 9.17) is 5.11 Å². The molecule has 5 nitrogen and oxygen atoms in total. The van der Waals surface area contributed by atoms with Gasteiger partial charge in [0.1, 0.15) is 6.04 Å².